The van der Waals surface area contributed by atoms with Crippen LogP contribution in [0.2, 0.25) is 0 Å². The molecule has 0 saturated heterocycles. The highest BCUT2D eigenvalue weighted by molar-refractivity contribution is 6.04. The van der Waals surface area contributed by atoms with E-state index in [1.807, 2.05) is 79.7 Å². The molecule has 3 rings (SSSR count). The number of nitrogens with one attached hydrogen (secondary N) is 1. The summed E-state index contributed by atoms with van der Waals surface area (Å²) >= 11 is 0. The highest BCUT2D eigenvalue weighted by Crippen LogP contribution is 2.20. The Hall–Kier alpha value is -3.07. The molecule has 0 unspecified atom stereocenters. The van der Waals surface area contributed by atoms with E-state index in [2.05, 4.69) is 5.32 Å². The molecule has 0 atom stereocenters. The molecule has 0 bridgehead atoms. The standard InChI is InChI=1S/C21H20N2O/c1-15-6-10-17(11-7-15)21(24)23-20-5-3-2-4-18(20)14-16-8-12-19(22)13-9-16/h2-13H,14,22H2,1H3,(H,23,24). The molecule has 3 nitrogen and oxygen atoms in total. The van der Waals surface area contributed by atoms with Gasteiger partial charge in [-0.05, 0) is 54.8 Å². The van der Waals surface area contributed by atoms with Crippen molar-refractivity contribution in [2.45, 2.75) is 13.3 Å². The van der Waals surface area contributed by atoms with Gasteiger partial charge in [0.2, 0.25) is 0 Å². The van der Waals surface area contributed by atoms with Crippen LogP contribution in [0.5, 0.6) is 0 Å². The van der Waals surface area contributed by atoms with E-state index in [-0.39, 0.29) is 5.91 Å². The number of rotatable bonds is 4. The minimum atomic E-state index is -0.0974. The molecule has 1 amide bonds. The summed E-state index contributed by atoms with van der Waals surface area (Å²) in [7, 11) is 0. The van der Waals surface area contributed by atoms with Crippen molar-refractivity contribution >= 4 is 17.3 Å². The third-order valence-electron chi connectivity index (χ3n) is 3.95. The van der Waals surface area contributed by atoms with Gasteiger partial charge in [0.05, 0.1) is 0 Å². The number of para-hydroxylation sites is 1. The number of carbonyl (C=O) groups excluding carboxylic acids is 1. The molecule has 0 heterocycles. The van der Waals surface area contributed by atoms with Crippen LogP contribution in [0, 0.1) is 6.92 Å². The predicted molar refractivity (Wildman–Crippen MR) is 99.2 cm³/mol. The van der Waals surface area contributed by atoms with Crippen LogP contribution in [-0.2, 0) is 6.42 Å². The van der Waals surface area contributed by atoms with Crippen molar-refractivity contribution < 1.29 is 4.79 Å². The fraction of sp³-hybridized carbons (Fsp3) is 0.0952. The summed E-state index contributed by atoms with van der Waals surface area (Å²) in [5.41, 5.74) is 11.3. The van der Waals surface area contributed by atoms with E-state index in [0.717, 1.165) is 34.5 Å². The van der Waals surface area contributed by atoms with E-state index in [9.17, 15) is 4.79 Å². The van der Waals surface area contributed by atoms with Gasteiger partial charge in [0, 0.05) is 16.9 Å². The van der Waals surface area contributed by atoms with E-state index in [4.69, 9.17) is 5.73 Å². The Morgan fingerprint density at radius 3 is 2.29 bits per heavy atom. The zero-order valence-electron chi connectivity index (χ0n) is 13.6. The predicted octanol–water partition coefficient (Wildman–Crippen LogP) is 4.42. The maximum Gasteiger partial charge on any atom is 0.255 e. The van der Waals surface area contributed by atoms with E-state index in [0.29, 0.717) is 5.56 Å². The third kappa shape index (κ3) is 3.82. The molecule has 0 aliphatic rings. The van der Waals surface area contributed by atoms with E-state index in [1.165, 1.54) is 0 Å². The second-order valence-corrected chi connectivity index (χ2v) is 5.90. The summed E-state index contributed by atoms with van der Waals surface area (Å²) in [6.45, 7) is 2.00. The van der Waals surface area contributed by atoms with E-state index in [1.54, 1.807) is 0 Å². The summed E-state index contributed by atoms with van der Waals surface area (Å²) < 4.78 is 0. The molecule has 0 fully saturated rings. The second-order valence-electron chi connectivity index (χ2n) is 5.90. The first-order chi connectivity index (χ1) is 11.6. The van der Waals surface area contributed by atoms with Crippen LogP contribution in [0.15, 0.2) is 72.8 Å². The topological polar surface area (TPSA) is 55.1 Å². The number of aryl methyl sites for hydroxylation is 1. The number of nitrogens with two attached hydrogens (primary N) is 1. The lowest BCUT2D eigenvalue weighted by molar-refractivity contribution is 0.102. The monoisotopic (exact) mass is 316 g/mol. The lowest BCUT2D eigenvalue weighted by atomic mass is 10.0. The average molecular weight is 316 g/mol. The van der Waals surface area contributed by atoms with Crippen molar-refractivity contribution in [3.05, 3.63) is 95.1 Å². The number of hydrogen-bond donors (Lipinski definition) is 2. The molecule has 3 aromatic rings. The molecular formula is C21H20N2O. The van der Waals surface area contributed by atoms with Crippen LogP contribution < -0.4 is 11.1 Å². The highest BCUT2D eigenvalue weighted by Gasteiger charge is 2.09. The number of nitrogen functional groups attached to an aromatic ring is 1. The van der Waals surface area contributed by atoms with Crippen molar-refractivity contribution in [1.82, 2.24) is 0 Å². The van der Waals surface area contributed by atoms with Crippen LogP contribution in [0.25, 0.3) is 0 Å². The first-order valence-electron chi connectivity index (χ1n) is 7.92. The van der Waals surface area contributed by atoms with Gasteiger partial charge >= 0.3 is 0 Å². The van der Waals surface area contributed by atoms with Crippen molar-refractivity contribution in [2.24, 2.45) is 0 Å². The Morgan fingerprint density at radius 2 is 1.58 bits per heavy atom. The van der Waals surface area contributed by atoms with Gasteiger partial charge in [0.15, 0.2) is 0 Å². The average Bonchev–Trinajstić information content (AvgIpc) is 2.59. The molecule has 0 aliphatic heterocycles. The minimum Gasteiger partial charge on any atom is -0.399 e. The van der Waals surface area contributed by atoms with Crippen molar-refractivity contribution in [1.29, 1.82) is 0 Å². The first-order valence-corrected chi connectivity index (χ1v) is 7.92. The van der Waals surface area contributed by atoms with Gasteiger partial charge in [0.1, 0.15) is 0 Å². The fourth-order valence-electron chi connectivity index (χ4n) is 2.55. The fourth-order valence-corrected chi connectivity index (χ4v) is 2.55. The maximum absolute atomic E-state index is 12.4. The third-order valence-corrected chi connectivity index (χ3v) is 3.95. The van der Waals surface area contributed by atoms with Gasteiger partial charge in [0.25, 0.3) is 5.91 Å². The van der Waals surface area contributed by atoms with Crippen molar-refractivity contribution in [2.75, 3.05) is 11.1 Å². The maximum atomic E-state index is 12.4. The summed E-state index contributed by atoms with van der Waals surface area (Å²) in [6.07, 6.45) is 0.741. The van der Waals surface area contributed by atoms with Gasteiger partial charge in [-0.2, -0.15) is 0 Å². The second kappa shape index (κ2) is 7.01. The minimum absolute atomic E-state index is 0.0974. The van der Waals surface area contributed by atoms with Crippen LogP contribution in [0.1, 0.15) is 27.0 Å². The largest absolute Gasteiger partial charge is 0.399 e. The van der Waals surface area contributed by atoms with Gasteiger partial charge in [-0.3, -0.25) is 4.79 Å². The Morgan fingerprint density at radius 1 is 0.917 bits per heavy atom. The summed E-state index contributed by atoms with van der Waals surface area (Å²) in [6, 6.07) is 23.2. The lowest BCUT2D eigenvalue weighted by Gasteiger charge is -2.11. The van der Waals surface area contributed by atoms with Gasteiger partial charge in [-0.1, -0.05) is 48.0 Å². The molecule has 120 valence electrons. The quantitative estimate of drug-likeness (QED) is 0.700. The van der Waals surface area contributed by atoms with Crippen LogP contribution in [-0.4, -0.2) is 5.91 Å². The molecular weight excluding hydrogens is 296 g/mol. The SMILES string of the molecule is Cc1ccc(C(=O)Nc2ccccc2Cc2ccc(N)cc2)cc1. The number of hydrogen-bond acceptors (Lipinski definition) is 2. The molecule has 24 heavy (non-hydrogen) atoms. The summed E-state index contributed by atoms with van der Waals surface area (Å²) in [5, 5.41) is 3.01. The van der Waals surface area contributed by atoms with Gasteiger partial charge in [-0.25, -0.2) is 0 Å². The van der Waals surface area contributed by atoms with Gasteiger partial charge in [-0.15, -0.1) is 0 Å². The Balaban J connectivity index is 1.79. The molecule has 0 saturated carbocycles. The molecule has 0 aromatic heterocycles. The Bertz CT molecular complexity index is 836. The number of benzene rings is 3. The van der Waals surface area contributed by atoms with E-state index >= 15 is 0 Å². The van der Waals surface area contributed by atoms with Crippen LogP contribution >= 0.6 is 0 Å². The Labute approximate surface area is 142 Å². The van der Waals surface area contributed by atoms with Gasteiger partial charge < -0.3 is 11.1 Å². The van der Waals surface area contributed by atoms with Crippen molar-refractivity contribution in [3.8, 4) is 0 Å². The number of carbonyl (C=O) groups is 1. The number of anilines is 2. The smallest absolute Gasteiger partial charge is 0.255 e. The van der Waals surface area contributed by atoms with E-state index < -0.39 is 0 Å². The molecule has 0 aliphatic carbocycles. The molecule has 3 heteroatoms. The van der Waals surface area contributed by atoms with Crippen molar-refractivity contribution in [3.63, 3.8) is 0 Å². The van der Waals surface area contributed by atoms with Crippen LogP contribution in [0.3, 0.4) is 0 Å². The zero-order valence-corrected chi connectivity index (χ0v) is 13.6. The first kappa shape index (κ1) is 15.8. The molecule has 0 spiro atoms. The summed E-state index contributed by atoms with van der Waals surface area (Å²) in [5.74, 6) is -0.0974. The zero-order chi connectivity index (χ0) is 16.9. The Kier molecular flexibility index (Phi) is 4.62. The molecule has 0 radical (unpaired) electrons. The molecule has 3 aromatic carbocycles. The highest BCUT2D eigenvalue weighted by atomic mass is 16.1. The molecule has 3 N–H and O–H groups in total. The van der Waals surface area contributed by atoms with Crippen LogP contribution in [0.4, 0.5) is 11.4 Å². The summed E-state index contributed by atoms with van der Waals surface area (Å²) in [4.78, 5) is 12.4. The number of amides is 1. The normalized spacial score (nSPS) is 10.4. The lowest BCUT2D eigenvalue weighted by Crippen LogP contribution is -2.13.